The molecule has 5 nitrogen and oxygen atoms in total. The molecule has 2 aromatic rings. The summed E-state index contributed by atoms with van der Waals surface area (Å²) < 4.78 is 2.83. The van der Waals surface area contributed by atoms with Gasteiger partial charge in [0.15, 0.2) is 0 Å². The van der Waals surface area contributed by atoms with Crippen LogP contribution in [-0.4, -0.2) is 14.8 Å². The number of halogens is 1. The van der Waals surface area contributed by atoms with Crippen LogP contribution in [0.4, 0.5) is 0 Å². The van der Waals surface area contributed by atoms with Gasteiger partial charge in [-0.05, 0) is 41.1 Å². The molecular weight excluding hydrogens is 294 g/mol. The van der Waals surface area contributed by atoms with E-state index in [1.807, 2.05) is 30.8 Å². The molecule has 0 bridgehead atoms. The molecular formula is C12H16BrN5. The maximum Gasteiger partial charge on any atom is 0.0687 e. The Morgan fingerprint density at radius 3 is 2.78 bits per heavy atom. The summed E-state index contributed by atoms with van der Waals surface area (Å²) in [6.07, 6.45) is 2.52. The lowest BCUT2D eigenvalue weighted by Gasteiger charge is -2.15. The summed E-state index contributed by atoms with van der Waals surface area (Å²) in [6, 6.07) is 5.95. The number of pyridine rings is 1. The molecule has 96 valence electrons. The van der Waals surface area contributed by atoms with E-state index in [0.29, 0.717) is 0 Å². The van der Waals surface area contributed by atoms with Gasteiger partial charge in [0.1, 0.15) is 0 Å². The molecule has 0 saturated carbocycles. The summed E-state index contributed by atoms with van der Waals surface area (Å²) in [4.78, 5) is 4.36. The first-order valence-corrected chi connectivity index (χ1v) is 6.46. The lowest BCUT2D eigenvalue weighted by molar-refractivity contribution is 0.518. The van der Waals surface area contributed by atoms with E-state index in [4.69, 9.17) is 5.84 Å². The Morgan fingerprint density at radius 1 is 1.50 bits per heavy atom. The molecule has 1 atom stereocenters. The molecule has 0 spiro atoms. The van der Waals surface area contributed by atoms with Crippen LogP contribution in [0.3, 0.4) is 0 Å². The average Bonchev–Trinajstić information content (AvgIpc) is 2.66. The summed E-state index contributed by atoms with van der Waals surface area (Å²) >= 11 is 3.37. The molecule has 1 unspecified atom stereocenters. The standard InChI is InChI=1S/C12H16BrN5/c1-8-5-10(18(2)17-8)6-12(16-14)11-4-3-9(13)7-15-11/h3-5,7,12,16H,6,14H2,1-2H3. The van der Waals surface area contributed by atoms with Gasteiger partial charge >= 0.3 is 0 Å². The molecule has 2 heterocycles. The van der Waals surface area contributed by atoms with Gasteiger partial charge in [0.25, 0.3) is 0 Å². The van der Waals surface area contributed by atoms with Crippen molar-refractivity contribution in [3.63, 3.8) is 0 Å². The van der Waals surface area contributed by atoms with Gasteiger partial charge in [-0.25, -0.2) is 0 Å². The fourth-order valence-electron chi connectivity index (χ4n) is 1.91. The second kappa shape index (κ2) is 5.60. The molecule has 2 rings (SSSR count). The van der Waals surface area contributed by atoms with Crippen LogP contribution >= 0.6 is 15.9 Å². The number of nitrogens with two attached hydrogens (primary N) is 1. The van der Waals surface area contributed by atoms with Gasteiger partial charge in [-0.2, -0.15) is 5.10 Å². The largest absolute Gasteiger partial charge is 0.272 e. The molecule has 0 saturated heterocycles. The Morgan fingerprint density at radius 2 is 2.28 bits per heavy atom. The number of aromatic nitrogens is 3. The third-order valence-corrected chi connectivity index (χ3v) is 3.29. The van der Waals surface area contributed by atoms with Crippen molar-refractivity contribution >= 4 is 15.9 Å². The zero-order valence-corrected chi connectivity index (χ0v) is 12.0. The Bertz CT molecular complexity index is 520. The van der Waals surface area contributed by atoms with Crippen molar-refractivity contribution < 1.29 is 0 Å². The first kappa shape index (κ1) is 13.2. The minimum Gasteiger partial charge on any atom is -0.272 e. The van der Waals surface area contributed by atoms with Crippen LogP contribution in [0, 0.1) is 6.92 Å². The number of nitrogens with zero attached hydrogens (tertiary/aromatic N) is 3. The second-order valence-electron chi connectivity index (χ2n) is 4.23. The summed E-state index contributed by atoms with van der Waals surface area (Å²) in [7, 11) is 1.94. The van der Waals surface area contributed by atoms with E-state index >= 15 is 0 Å². The van der Waals surface area contributed by atoms with Crippen LogP contribution in [-0.2, 0) is 13.5 Å². The van der Waals surface area contributed by atoms with E-state index in [1.54, 1.807) is 6.20 Å². The van der Waals surface area contributed by atoms with Gasteiger partial charge < -0.3 is 0 Å². The normalized spacial score (nSPS) is 12.7. The average molecular weight is 310 g/mol. The summed E-state index contributed by atoms with van der Waals surface area (Å²) in [5.41, 5.74) is 5.85. The molecule has 2 aromatic heterocycles. The Balaban J connectivity index is 2.19. The molecule has 18 heavy (non-hydrogen) atoms. The number of rotatable bonds is 4. The van der Waals surface area contributed by atoms with Crippen molar-refractivity contribution in [3.8, 4) is 0 Å². The van der Waals surface area contributed by atoms with Crippen molar-refractivity contribution in [2.75, 3.05) is 0 Å². The van der Waals surface area contributed by atoms with Crippen LogP contribution in [0.5, 0.6) is 0 Å². The fraction of sp³-hybridized carbons (Fsp3) is 0.333. The van der Waals surface area contributed by atoms with E-state index in [0.717, 1.165) is 28.0 Å². The zero-order valence-electron chi connectivity index (χ0n) is 10.4. The fourth-order valence-corrected chi connectivity index (χ4v) is 2.14. The maximum absolute atomic E-state index is 5.62. The predicted octanol–water partition coefficient (Wildman–Crippen LogP) is 1.63. The van der Waals surface area contributed by atoms with Gasteiger partial charge in [0.2, 0.25) is 0 Å². The van der Waals surface area contributed by atoms with E-state index in [2.05, 4.69) is 37.5 Å². The number of nitrogens with one attached hydrogen (secondary N) is 1. The SMILES string of the molecule is Cc1cc(CC(NN)c2ccc(Br)cn2)n(C)n1. The first-order valence-electron chi connectivity index (χ1n) is 5.67. The Labute approximate surface area is 115 Å². The third kappa shape index (κ3) is 2.95. The van der Waals surface area contributed by atoms with E-state index < -0.39 is 0 Å². The third-order valence-electron chi connectivity index (χ3n) is 2.82. The summed E-state index contributed by atoms with van der Waals surface area (Å²) in [5, 5.41) is 4.33. The van der Waals surface area contributed by atoms with Gasteiger partial charge in [-0.3, -0.25) is 20.9 Å². The van der Waals surface area contributed by atoms with Gasteiger partial charge in [0, 0.05) is 29.8 Å². The van der Waals surface area contributed by atoms with Crippen LogP contribution in [0.15, 0.2) is 28.9 Å². The maximum atomic E-state index is 5.62. The van der Waals surface area contributed by atoms with Crippen LogP contribution in [0.25, 0.3) is 0 Å². The van der Waals surface area contributed by atoms with Crippen LogP contribution in [0.2, 0.25) is 0 Å². The van der Waals surface area contributed by atoms with Gasteiger partial charge in [0.05, 0.1) is 17.4 Å². The smallest absolute Gasteiger partial charge is 0.0687 e. The second-order valence-corrected chi connectivity index (χ2v) is 5.14. The van der Waals surface area contributed by atoms with E-state index in [-0.39, 0.29) is 6.04 Å². The van der Waals surface area contributed by atoms with Crippen molar-refractivity contribution in [1.82, 2.24) is 20.2 Å². The van der Waals surface area contributed by atoms with Crippen molar-refractivity contribution in [1.29, 1.82) is 0 Å². The number of hydrogen-bond donors (Lipinski definition) is 2. The Kier molecular flexibility index (Phi) is 4.11. The number of hydrogen-bond acceptors (Lipinski definition) is 4. The molecule has 0 aliphatic rings. The van der Waals surface area contributed by atoms with Crippen molar-refractivity contribution in [2.45, 2.75) is 19.4 Å². The van der Waals surface area contributed by atoms with E-state index in [1.165, 1.54) is 0 Å². The highest BCUT2D eigenvalue weighted by Crippen LogP contribution is 2.18. The highest BCUT2D eigenvalue weighted by atomic mass is 79.9. The predicted molar refractivity (Wildman–Crippen MR) is 73.7 cm³/mol. The highest BCUT2D eigenvalue weighted by Gasteiger charge is 2.14. The molecule has 0 radical (unpaired) electrons. The molecule has 0 amide bonds. The van der Waals surface area contributed by atoms with Gasteiger partial charge in [-0.15, -0.1) is 0 Å². The Hall–Kier alpha value is -1.24. The lowest BCUT2D eigenvalue weighted by atomic mass is 10.1. The summed E-state index contributed by atoms with van der Waals surface area (Å²) in [6.45, 7) is 1.98. The van der Waals surface area contributed by atoms with Gasteiger partial charge in [-0.1, -0.05) is 0 Å². The van der Waals surface area contributed by atoms with E-state index in [9.17, 15) is 0 Å². The molecule has 0 aromatic carbocycles. The quantitative estimate of drug-likeness (QED) is 0.665. The molecule has 3 N–H and O–H groups in total. The minimum atomic E-state index is -0.0205. The van der Waals surface area contributed by atoms with Crippen molar-refractivity contribution in [2.24, 2.45) is 12.9 Å². The number of aryl methyl sites for hydroxylation is 2. The molecule has 6 heteroatoms. The molecule has 0 aliphatic carbocycles. The minimum absolute atomic E-state index is 0.0205. The monoisotopic (exact) mass is 309 g/mol. The summed E-state index contributed by atoms with van der Waals surface area (Å²) in [5.74, 6) is 5.62. The first-order chi connectivity index (χ1) is 8.60. The van der Waals surface area contributed by atoms with Crippen molar-refractivity contribution in [3.05, 3.63) is 46.0 Å². The topological polar surface area (TPSA) is 68.8 Å². The van der Waals surface area contributed by atoms with Crippen LogP contribution < -0.4 is 11.3 Å². The lowest BCUT2D eigenvalue weighted by Crippen LogP contribution is -2.30. The van der Waals surface area contributed by atoms with Crippen LogP contribution in [0.1, 0.15) is 23.1 Å². The number of hydrazine groups is 1. The molecule has 0 fully saturated rings. The molecule has 0 aliphatic heterocycles. The zero-order chi connectivity index (χ0) is 13.1. The highest BCUT2D eigenvalue weighted by molar-refractivity contribution is 9.10.